The van der Waals surface area contributed by atoms with Gasteiger partial charge in [0, 0.05) is 11.3 Å². The predicted molar refractivity (Wildman–Crippen MR) is 67.4 cm³/mol. The minimum absolute atomic E-state index is 0.529. The minimum atomic E-state index is 0.529. The summed E-state index contributed by atoms with van der Waals surface area (Å²) >= 11 is 0. The summed E-state index contributed by atoms with van der Waals surface area (Å²) < 4.78 is 1.99. The van der Waals surface area contributed by atoms with Crippen LogP contribution in [-0.2, 0) is 0 Å². The Morgan fingerprint density at radius 3 is 2.71 bits per heavy atom. The Morgan fingerprint density at radius 1 is 1.18 bits per heavy atom. The molecule has 0 atom stereocenters. The summed E-state index contributed by atoms with van der Waals surface area (Å²) in [7, 11) is 0. The van der Waals surface area contributed by atoms with E-state index < -0.39 is 0 Å². The van der Waals surface area contributed by atoms with E-state index in [0.717, 1.165) is 16.9 Å². The Morgan fingerprint density at radius 2 is 1.94 bits per heavy atom. The van der Waals surface area contributed by atoms with E-state index in [9.17, 15) is 0 Å². The van der Waals surface area contributed by atoms with Crippen LogP contribution in [0, 0.1) is 0 Å². The Labute approximate surface area is 100 Å². The molecule has 1 aliphatic carbocycles. The van der Waals surface area contributed by atoms with E-state index in [2.05, 4.69) is 10.3 Å². The van der Waals surface area contributed by atoms with E-state index in [0.29, 0.717) is 6.04 Å². The Hall–Kier alpha value is -1.84. The molecule has 0 unspecified atom stereocenters. The van der Waals surface area contributed by atoms with Gasteiger partial charge in [-0.2, -0.15) is 0 Å². The molecule has 0 saturated heterocycles. The molecular formula is C13H16N4. The van der Waals surface area contributed by atoms with Crippen LogP contribution >= 0.6 is 0 Å². The SMILES string of the molecule is Nc1ccccc1-c1cn(C2CCCC2)nn1. The normalized spacial score (nSPS) is 16.5. The molecule has 0 radical (unpaired) electrons. The van der Waals surface area contributed by atoms with Gasteiger partial charge in [0.25, 0.3) is 0 Å². The highest BCUT2D eigenvalue weighted by atomic mass is 15.4. The first-order chi connectivity index (χ1) is 8.34. The van der Waals surface area contributed by atoms with Gasteiger partial charge >= 0.3 is 0 Å². The van der Waals surface area contributed by atoms with Gasteiger partial charge in [0.15, 0.2) is 0 Å². The van der Waals surface area contributed by atoms with Gasteiger partial charge in [-0.3, -0.25) is 0 Å². The Kier molecular flexibility index (Phi) is 2.55. The van der Waals surface area contributed by atoms with Crippen molar-refractivity contribution < 1.29 is 0 Å². The van der Waals surface area contributed by atoms with Gasteiger partial charge < -0.3 is 5.73 Å². The van der Waals surface area contributed by atoms with Crippen molar-refractivity contribution in [2.45, 2.75) is 31.7 Å². The lowest BCUT2D eigenvalue weighted by Crippen LogP contribution is -2.04. The molecule has 0 bridgehead atoms. The summed E-state index contributed by atoms with van der Waals surface area (Å²) in [5.74, 6) is 0. The molecule has 1 aromatic heterocycles. The number of nitrogens with zero attached hydrogens (tertiary/aromatic N) is 3. The van der Waals surface area contributed by atoms with Gasteiger partial charge in [-0.1, -0.05) is 36.3 Å². The fraction of sp³-hybridized carbons (Fsp3) is 0.385. The summed E-state index contributed by atoms with van der Waals surface area (Å²) in [6.45, 7) is 0. The maximum Gasteiger partial charge on any atom is 0.115 e. The van der Waals surface area contributed by atoms with Gasteiger partial charge in [0.05, 0.1) is 12.2 Å². The molecule has 0 spiro atoms. The zero-order valence-electron chi connectivity index (χ0n) is 9.71. The van der Waals surface area contributed by atoms with Crippen LogP contribution in [-0.4, -0.2) is 15.0 Å². The first kappa shape index (κ1) is 10.3. The monoisotopic (exact) mass is 228 g/mol. The lowest BCUT2D eigenvalue weighted by molar-refractivity contribution is 0.454. The van der Waals surface area contributed by atoms with E-state index in [4.69, 9.17) is 5.73 Å². The van der Waals surface area contributed by atoms with Crippen molar-refractivity contribution in [1.82, 2.24) is 15.0 Å². The second kappa shape index (κ2) is 4.20. The third-order valence-corrected chi connectivity index (χ3v) is 3.45. The van der Waals surface area contributed by atoms with Gasteiger partial charge in [0.1, 0.15) is 5.69 Å². The van der Waals surface area contributed by atoms with Gasteiger partial charge in [-0.15, -0.1) is 5.10 Å². The highest BCUT2D eigenvalue weighted by Gasteiger charge is 2.18. The van der Waals surface area contributed by atoms with Crippen LogP contribution in [0.3, 0.4) is 0 Å². The smallest absolute Gasteiger partial charge is 0.115 e. The van der Waals surface area contributed by atoms with Crippen LogP contribution in [0.5, 0.6) is 0 Å². The van der Waals surface area contributed by atoms with E-state index in [-0.39, 0.29) is 0 Å². The summed E-state index contributed by atoms with van der Waals surface area (Å²) in [6, 6.07) is 8.31. The molecular weight excluding hydrogens is 212 g/mol. The van der Waals surface area contributed by atoms with Crippen molar-refractivity contribution in [2.75, 3.05) is 5.73 Å². The molecule has 1 aliphatic rings. The van der Waals surface area contributed by atoms with E-state index in [1.54, 1.807) is 0 Å². The third kappa shape index (κ3) is 1.90. The Balaban J connectivity index is 1.92. The molecule has 1 fully saturated rings. The van der Waals surface area contributed by atoms with Gasteiger partial charge in [-0.25, -0.2) is 4.68 Å². The third-order valence-electron chi connectivity index (χ3n) is 3.45. The number of para-hydroxylation sites is 1. The van der Waals surface area contributed by atoms with Crippen molar-refractivity contribution in [1.29, 1.82) is 0 Å². The van der Waals surface area contributed by atoms with Crippen LogP contribution < -0.4 is 5.73 Å². The first-order valence-corrected chi connectivity index (χ1v) is 6.11. The average Bonchev–Trinajstić information content (AvgIpc) is 3.00. The molecule has 1 aromatic carbocycles. The number of nitrogens with two attached hydrogens (primary N) is 1. The van der Waals surface area contributed by atoms with Gasteiger partial charge in [-0.05, 0) is 18.9 Å². The fourth-order valence-electron chi connectivity index (χ4n) is 2.48. The average molecular weight is 228 g/mol. The highest BCUT2D eigenvalue weighted by Crippen LogP contribution is 2.30. The molecule has 0 aliphatic heterocycles. The number of hydrogen-bond acceptors (Lipinski definition) is 3. The van der Waals surface area contributed by atoms with Crippen molar-refractivity contribution in [3.8, 4) is 11.3 Å². The summed E-state index contributed by atoms with van der Waals surface area (Å²) in [5, 5.41) is 8.45. The first-order valence-electron chi connectivity index (χ1n) is 6.11. The minimum Gasteiger partial charge on any atom is -0.398 e. The largest absolute Gasteiger partial charge is 0.398 e. The second-order valence-corrected chi connectivity index (χ2v) is 4.61. The predicted octanol–water partition coefficient (Wildman–Crippen LogP) is 2.64. The molecule has 2 aromatic rings. The lowest BCUT2D eigenvalue weighted by Gasteiger charge is -2.07. The van der Waals surface area contributed by atoms with E-state index in [1.165, 1.54) is 25.7 Å². The molecule has 17 heavy (non-hydrogen) atoms. The lowest BCUT2D eigenvalue weighted by atomic mass is 10.1. The van der Waals surface area contributed by atoms with E-state index >= 15 is 0 Å². The van der Waals surface area contributed by atoms with Crippen LogP contribution in [0.4, 0.5) is 5.69 Å². The Bertz CT molecular complexity index is 512. The maximum absolute atomic E-state index is 5.94. The topological polar surface area (TPSA) is 56.7 Å². The fourth-order valence-corrected chi connectivity index (χ4v) is 2.48. The molecule has 1 saturated carbocycles. The zero-order valence-corrected chi connectivity index (χ0v) is 9.71. The standard InChI is InChI=1S/C13H16N4/c14-12-8-4-3-7-11(12)13-9-17(16-15-13)10-5-1-2-6-10/h3-4,7-10H,1-2,5-6,14H2. The van der Waals surface area contributed by atoms with Crippen LogP contribution in [0.25, 0.3) is 11.3 Å². The van der Waals surface area contributed by atoms with Crippen LogP contribution in [0.15, 0.2) is 30.5 Å². The molecule has 3 rings (SSSR count). The summed E-state index contributed by atoms with van der Waals surface area (Å²) in [6.07, 6.45) is 7.04. The van der Waals surface area contributed by atoms with Crippen molar-refractivity contribution in [2.24, 2.45) is 0 Å². The number of anilines is 1. The van der Waals surface area contributed by atoms with Crippen LogP contribution in [0.1, 0.15) is 31.7 Å². The molecule has 4 nitrogen and oxygen atoms in total. The number of benzene rings is 1. The molecule has 2 N–H and O–H groups in total. The van der Waals surface area contributed by atoms with Crippen molar-refractivity contribution >= 4 is 5.69 Å². The van der Waals surface area contributed by atoms with Crippen molar-refractivity contribution in [3.05, 3.63) is 30.5 Å². The molecule has 88 valence electrons. The molecule has 1 heterocycles. The van der Waals surface area contributed by atoms with Crippen molar-refractivity contribution in [3.63, 3.8) is 0 Å². The number of aromatic nitrogens is 3. The number of hydrogen-bond donors (Lipinski definition) is 1. The highest BCUT2D eigenvalue weighted by molar-refractivity contribution is 5.72. The zero-order chi connectivity index (χ0) is 11.7. The van der Waals surface area contributed by atoms with Gasteiger partial charge in [0.2, 0.25) is 0 Å². The maximum atomic E-state index is 5.94. The summed E-state index contributed by atoms with van der Waals surface area (Å²) in [5.41, 5.74) is 8.53. The number of rotatable bonds is 2. The molecule has 0 amide bonds. The van der Waals surface area contributed by atoms with Crippen LogP contribution in [0.2, 0.25) is 0 Å². The quantitative estimate of drug-likeness (QED) is 0.804. The summed E-state index contributed by atoms with van der Waals surface area (Å²) in [4.78, 5) is 0. The number of nitrogen functional groups attached to an aromatic ring is 1. The van der Waals surface area contributed by atoms with E-state index in [1.807, 2.05) is 35.1 Å². The molecule has 4 heteroatoms. The second-order valence-electron chi connectivity index (χ2n) is 4.61.